The third-order valence-electron chi connectivity index (χ3n) is 2.63. The zero-order chi connectivity index (χ0) is 14.0. The second kappa shape index (κ2) is 4.97. The van der Waals surface area contributed by atoms with Crippen molar-refractivity contribution in [2.45, 2.75) is 10.6 Å². The number of nitrogens with two attached hydrogens (primary N) is 1. The summed E-state index contributed by atoms with van der Waals surface area (Å²) in [5.41, 5.74) is 5.44. The smallest absolute Gasteiger partial charge is 0.184 e. The number of sulfone groups is 1. The average molecular weight is 283 g/mol. The molecule has 0 saturated carbocycles. The molecule has 0 radical (unpaired) electrons. The number of para-hydroxylation sites is 1. The lowest BCUT2D eigenvalue weighted by Crippen LogP contribution is -2.09. The third kappa shape index (κ3) is 2.73. The SMILES string of the molecule is Nc1ccccc1S(=O)(=O)Cc1cccc(F)c1F. The molecule has 2 N–H and O–H groups in total. The molecule has 2 rings (SSSR count). The molecular weight excluding hydrogens is 272 g/mol. The summed E-state index contributed by atoms with van der Waals surface area (Å²) in [6.07, 6.45) is 0. The van der Waals surface area contributed by atoms with Crippen LogP contribution in [0.1, 0.15) is 5.56 Å². The van der Waals surface area contributed by atoms with Crippen LogP contribution in [0, 0.1) is 11.6 Å². The first-order valence-corrected chi connectivity index (χ1v) is 7.07. The molecule has 2 aromatic rings. The molecular formula is C13H11F2NO2S. The van der Waals surface area contributed by atoms with Crippen LogP contribution < -0.4 is 5.73 Å². The molecule has 0 bridgehead atoms. The molecule has 2 aromatic carbocycles. The van der Waals surface area contributed by atoms with Gasteiger partial charge in [-0.25, -0.2) is 17.2 Å². The predicted octanol–water partition coefficient (Wildman–Crippen LogP) is 2.52. The second-order valence-electron chi connectivity index (χ2n) is 4.01. The van der Waals surface area contributed by atoms with E-state index >= 15 is 0 Å². The van der Waals surface area contributed by atoms with Gasteiger partial charge in [0, 0.05) is 5.56 Å². The highest BCUT2D eigenvalue weighted by Crippen LogP contribution is 2.23. The lowest BCUT2D eigenvalue weighted by molar-refractivity contribution is 0.501. The zero-order valence-electron chi connectivity index (χ0n) is 9.81. The van der Waals surface area contributed by atoms with Gasteiger partial charge in [0.2, 0.25) is 0 Å². The minimum Gasteiger partial charge on any atom is -0.398 e. The maximum absolute atomic E-state index is 13.5. The van der Waals surface area contributed by atoms with Crippen LogP contribution in [0.2, 0.25) is 0 Å². The second-order valence-corrected chi connectivity index (χ2v) is 5.97. The molecule has 3 nitrogen and oxygen atoms in total. The molecule has 0 saturated heterocycles. The van der Waals surface area contributed by atoms with Crippen molar-refractivity contribution in [2.75, 3.05) is 5.73 Å². The van der Waals surface area contributed by atoms with E-state index in [1.54, 1.807) is 6.07 Å². The number of nitrogen functional groups attached to an aromatic ring is 1. The molecule has 0 amide bonds. The van der Waals surface area contributed by atoms with Gasteiger partial charge in [-0.05, 0) is 18.2 Å². The monoisotopic (exact) mass is 283 g/mol. The molecule has 0 aliphatic carbocycles. The molecule has 19 heavy (non-hydrogen) atoms. The van der Waals surface area contributed by atoms with E-state index in [4.69, 9.17) is 5.73 Å². The molecule has 0 spiro atoms. The summed E-state index contributed by atoms with van der Waals surface area (Å²) in [4.78, 5) is -0.0846. The molecule has 0 aliphatic heterocycles. The Kier molecular flexibility index (Phi) is 3.53. The van der Waals surface area contributed by atoms with Crippen molar-refractivity contribution in [1.82, 2.24) is 0 Å². The van der Waals surface area contributed by atoms with Crippen molar-refractivity contribution in [3.05, 3.63) is 59.7 Å². The van der Waals surface area contributed by atoms with Gasteiger partial charge in [-0.1, -0.05) is 24.3 Å². The summed E-state index contributed by atoms with van der Waals surface area (Å²) < 4.78 is 50.8. The van der Waals surface area contributed by atoms with Crippen LogP contribution in [0.3, 0.4) is 0 Å². The van der Waals surface area contributed by atoms with E-state index < -0.39 is 27.2 Å². The number of benzene rings is 2. The Hall–Kier alpha value is -1.95. The van der Waals surface area contributed by atoms with Crippen LogP contribution in [-0.4, -0.2) is 8.42 Å². The normalized spacial score (nSPS) is 11.5. The van der Waals surface area contributed by atoms with E-state index in [0.717, 1.165) is 6.07 Å². The predicted molar refractivity (Wildman–Crippen MR) is 68.1 cm³/mol. The zero-order valence-corrected chi connectivity index (χ0v) is 10.6. The van der Waals surface area contributed by atoms with Crippen molar-refractivity contribution < 1.29 is 17.2 Å². The fourth-order valence-corrected chi connectivity index (χ4v) is 3.21. The summed E-state index contributed by atoms with van der Waals surface area (Å²) in [5, 5.41) is 0. The lowest BCUT2D eigenvalue weighted by atomic mass is 10.2. The number of anilines is 1. The van der Waals surface area contributed by atoms with E-state index in [1.807, 2.05) is 0 Å². The van der Waals surface area contributed by atoms with Crippen molar-refractivity contribution in [3.63, 3.8) is 0 Å². The largest absolute Gasteiger partial charge is 0.398 e. The van der Waals surface area contributed by atoms with Crippen LogP contribution >= 0.6 is 0 Å². The van der Waals surface area contributed by atoms with Crippen LogP contribution in [-0.2, 0) is 15.6 Å². The number of hydrogen-bond acceptors (Lipinski definition) is 3. The Labute approximate surface area is 109 Å². The topological polar surface area (TPSA) is 60.2 Å². The molecule has 0 atom stereocenters. The van der Waals surface area contributed by atoms with Crippen LogP contribution in [0.15, 0.2) is 47.4 Å². The van der Waals surface area contributed by atoms with E-state index in [-0.39, 0.29) is 16.1 Å². The van der Waals surface area contributed by atoms with Gasteiger partial charge in [0.1, 0.15) is 0 Å². The van der Waals surface area contributed by atoms with Crippen molar-refractivity contribution in [3.8, 4) is 0 Å². The highest BCUT2D eigenvalue weighted by molar-refractivity contribution is 7.90. The van der Waals surface area contributed by atoms with Crippen LogP contribution in [0.5, 0.6) is 0 Å². The Morgan fingerprint density at radius 2 is 1.68 bits per heavy atom. The van der Waals surface area contributed by atoms with Crippen molar-refractivity contribution in [2.24, 2.45) is 0 Å². The maximum atomic E-state index is 13.5. The van der Waals surface area contributed by atoms with Gasteiger partial charge < -0.3 is 5.73 Å². The Morgan fingerprint density at radius 1 is 1.00 bits per heavy atom. The van der Waals surface area contributed by atoms with Crippen molar-refractivity contribution >= 4 is 15.5 Å². The summed E-state index contributed by atoms with van der Waals surface area (Å²) in [7, 11) is -3.81. The lowest BCUT2D eigenvalue weighted by Gasteiger charge is -2.08. The van der Waals surface area contributed by atoms with Gasteiger partial charge in [0.15, 0.2) is 21.5 Å². The summed E-state index contributed by atoms with van der Waals surface area (Å²) in [6.45, 7) is 0. The minimum atomic E-state index is -3.81. The fourth-order valence-electron chi connectivity index (χ4n) is 1.71. The number of hydrogen-bond donors (Lipinski definition) is 1. The molecule has 100 valence electrons. The van der Waals surface area contributed by atoms with Gasteiger partial charge in [0.25, 0.3) is 0 Å². The first kappa shape index (κ1) is 13.5. The highest BCUT2D eigenvalue weighted by Gasteiger charge is 2.20. The molecule has 0 aromatic heterocycles. The summed E-state index contributed by atoms with van der Waals surface area (Å²) in [6, 6.07) is 9.31. The quantitative estimate of drug-likeness (QED) is 0.880. The molecule has 0 fully saturated rings. The third-order valence-corrected chi connectivity index (χ3v) is 4.36. The first-order chi connectivity index (χ1) is 8.92. The molecule has 0 unspecified atom stereocenters. The Bertz CT molecular complexity index is 714. The van der Waals surface area contributed by atoms with E-state index in [0.29, 0.717) is 0 Å². The van der Waals surface area contributed by atoms with Crippen molar-refractivity contribution in [1.29, 1.82) is 0 Å². The number of halogens is 2. The Balaban J connectivity index is 2.43. The fraction of sp³-hybridized carbons (Fsp3) is 0.0769. The van der Waals surface area contributed by atoms with Crippen LogP contribution in [0.25, 0.3) is 0 Å². The summed E-state index contributed by atoms with van der Waals surface area (Å²) >= 11 is 0. The molecule has 0 heterocycles. The minimum absolute atomic E-state index is 0.0827. The van der Waals surface area contributed by atoms with E-state index in [1.165, 1.54) is 30.3 Å². The summed E-state index contributed by atoms with van der Waals surface area (Å²) in [5.74, 6) is -2.86. The van der Waals surface area contributed by atoms with Gasteiger partial charge in [0.05, 0.1) is 16.3 Å². The van der Waals surface area contributed by atoms with Gasteiger partial charge in [-0.15, -0.1) is 0 Å². The molecule has 0 aliphatic rings. The van der Waals surface area contributed by atoms with E-state index in [9.17, 15) is 17.2 Å². The maximum Gasteiger partial charge on any atom is 0.184 e. The number of rotatable bonds is 3. The van der Waals surface area contributed by atoms with E-state index in [2.05, 4.69) is 0 Å². The molecule has 6 heteroatoms. The standard InChI is InChI=1S/C13H11F2NO2S/c14-10-5-3-4-9(13(10)15)8-19(17,18)12-7-2-1-6-11(12)16/h1-7H,8,16H2. The van der Waals surface area contributed by atoms with Crippen LogP contribution in [0.4, 0.5) is 14.5 Å². The average Bonchev–Trinajstić information content (AvgIpc) is 2.35. The van der Waals surface area contributed by atoms with Gasteiger partial charge in [-0.2, -0.15) is 0 Å². The van der Waals surface area contributed by atoms with Gasteiger partial charge >= 0.3 is 0 Å². The van der Waals surface area contributed by atoms with Gasteiger partial charge in [-0.3, -0.25) is 0 Å². The first-order valence-electron chi connectivity index (χ1n) is 5.42. The highest BCUT2D eigenvalue weighted by atomic mass is 32.2. The Morgan fingerprint density at radius 3 is 2.37 bits per heavy atom.